The number of aryl methyl sites for hydroxylation is 4. The van der Waals surface area contributed by atoms with Crippen molar-refractivity contribution in [3.05, 3.63) is 33.5 Å². The fourth-order valence-electron chi connectivity index (χ4n) is 4.84. The highest BCUT2D eigenvalue weighted by Crippen LogP contribution is 2.41. The Kier molecular flexibility index (Phi) is 4.45. The van der Waals surface area contributed by atoms with Crippen molar-refractivity contribution in [3.63, 3.8) is 0 Å². The Morgan fingerprint density at radius 1 is 0.586 bits per heavy atom. The van der Waals surface area contributed by atoms with E-state index in [9.17, 15) is 0 Å². The molecule has 0 atom stereocenters. The van der Waals surface area contributed by atoms with Crippen molar-refractivity contribution in [2.45, 2.75) is 64.2 Å². The van der Waals surface area contributed by atoms with Crippen molar-refractivity contribution in [2.75, 3.05) is 5.32 Å². The van der Waals surface area contributed by atoms with Gasteiger partial charge in [-0.05, 0) is 62.5 Å². The van der Waals surface area contributed by atoms with Gasteiger partial charge in [-0.25, -0.2) is 19.9 Å². The first-order valence-electron chi connectivity index (χ1n) is 10.7. The van der Waals surface area contributed by atoms with Gasteiger partial charge < -0.3 is 5.32 Å². The molecule has 4 aromatic rings. The Labute approximate surface area is 177 Å². The second kappa shape index (κ2) is 7.29. The van der Waals surface area contributed by atoms with Crippen LogP contribution in [0.5, 0.6) is 0 Å². The van der Waals surface area contributed by atoms with Gasteiger partial charge in [0.05, 0.1) is 10.8 Å². The van der Waals surface area contributed by atoms with Gasteiger partial charge >= 0.3 is 0 Å². The largest absolute Gasteiger partial charge is 0.324 e. The fourth-order valence-corrected chi connectivity index (χ4v) is 7.29. The zero-order valence-electron chi connectivity index (χ0n) is 16.3. The number of rotatable bonds is 2. The summed E-state index contributed by atoms with van der Waals surface area (Å²) in [7, 11) is 0. The molecule has 0 spiro atoms. The normalized spacial score (nSPS) is 17.0. The number of thiophene rings is 2. The van der Waals surface area contributed by atoms with Crippen LogP contribution in [-0.2, 0) is 25.7 Å². The molecular weight excluding hydrogens is 398 g/mol. The molecule has 0 aromatic carbocycles. The van der Waals surface area contributed by atoms with Crippen LogP contribution in [0.25, 0.3) is 20.4 Å². The van der Waals surface area contributed by atoms with E-state index in [-0.39, 0.29) is 0 Å². The van der Waals surface area contributed by atoms with Gasteiger partial charge in [-0.1, -0.05) is 12.8 Å². The summed E-state index contributed by atoms with van der Waals surface area (Å²) >= 11 is 3.69. The van der Waals surface area contributed by atoms with Gasteiger partial charge in [-0.3, -0.25) is 0 Å². The van der Waals surface area contributed by atoms with Crippen LogP contribution in [0.15, 0.2) is 12.7 Å². The Morgan fingerprint density at radius 3 is 1.59 bits per heavy atom. The Hall–Kier alpha value is -2.12. The summed E-state index contributed by atoms with van der Waals surface area (Å²) in [6.45, 7) is 0. The molecule has 29 heavy (non-hydrogen) atoms. The number of nitrogens with one attached hydrogen (secondary N) is 1. The molecule has 0 saturated heterocycles. The number of hydrogen-bond donors (Lipinski definition) is 1. The number of aromatic nitrogens is 4. The lowest BCUT2D eigenvalue weighted by atomic mass is 10.1. The van der Waals surface area contributed by atoms with E-state index in [4.69, 9.17) is 0 Å². The van der Waals surface area contributed by atoms with E-state index in [0.717, 1.165) is 34.1 Å². The van der Waals surface area contributed by atoms with Crippen LogP contribution in [0.2, 0.25) is 0 Å². The predicted molar refractivity (Wildman–Crippen MR) is 121 cm³/mol. The highest BCUT2D eigenvalue weighted by atomic mass is 32.1. The van der Waals surface area contributed by atoms with Crippen molar-refractivity contribution < 1.29 is 0 Å². The van der Waals surface area contributed by atoms with Gasteiger partial charge in [0.15, 0.2) is 0 Å². The van der Waals surface area contributed by atoms with Crippen LogP contribution in [0.4, 0.5) is 11.6 Å². The zero-order valence-corrected chi connectivity index (χ0v) is 18.0. The molecule has 2 aliphatic rings. The molecule has 0 aliphatic heterocycles. The molecule has 4 heterocycles. The van der Waals surface area contributed by atoms with E-state index in [1.807, 2.05) is 22.7 Å². The average molecular weight is 422 g/mol. The molecule has 0 radical (unpaired) electrons. The molecule has 0 saturated carbocycles. The monoisotopic (exact) mass is 421 g/mol. The highest BCUT2D eigenvalue weighted by molar-refractivity contribution is 7.19. The number of nitrogens with zero attached hydrogens (tertiary/aromatic N) is 4. The van der Waals surface area contributed by atoms with Crippen LogP contribution in [-0.4, -0.2) is 19.9 Å². The first kappa shape index (κ1) is 17.7. The summed E-state index contributed by atoms with van der Waals surface area (Å²) in [5.74, 6) is 1.81. The second-order valence-electron chi connectivity index (χ2n) is 8.06. The fraction of sp³-hybridized carbons (Fsp3) is 0.455. The van der Waals surface area contributed by atoms with Gasteiger partial charge in [0.25, 0.3) is 0 Å². The van der Waals surface area contributed by atoms with E-state index in [0.29, 0.717) is 0 Å². The first-order valence-corrected chi connectivity index (χ1v) is 12.3. The summed E-state index contributed by atoms with van der Waals surface area (Å²) in [6, 6.07) is 0. The molecule has 0 bridgehead atoms. The molecule has 0 amide bonds. The topological polar surface area (TPSA) is 63.6 Å². The summed E-state index contributed by atoms with van der Waals surface area (Å²) < 4.78 is 0. The number of fused-ring (bicyclic) bond motifs is 6. The Balaban J connectivity index is 1.50. The molecular formula is C22H23N5S2. The summed E-state index contributed by atoms with van der Waals surface area (Å²) in [6.07, 6.45) is 15.7. The number of hydrogen-bond acceptors (Lipinski definition) is 7. The molecule has 1 N–H and O–H groups in total. The maximum Gasteiger partial charge on any atom is 0.144 e. The van der Waals surface area contributed by atoms with E-state index >= 15 is 0 Å². The molecule has 148 valence electrons. The molecule has 2 aliphatic carbocycles. The van der Waals surface area contributed by atoms with Crippen molar-refractivity contribution in [3.8, 4) is 0 Å². The molecule has 7 heteroatoms. The SMILES string of the molecule is c1nc(Nc2ncnc3sc4c(c23)CCCCC4)c2c3c(sc2n1)CCCCC3. The number of anilines is 2. The Morgan fingerprint density at radius 2 is 1.07 bits per heavy atom. The third-order valence-corrected chi connectivity index (χ3v) is 8.64. The van der Waals surface area contributed by atoms with E-state index < -0.39 is 0 Å². The molecule has 5 nitrogen and oxygen atoms in total. The van der Waals surface area contributed by atoms with Gasteiger partial charge in [0, 0.05) is 9.75 Å². The van der Waals surface area contributed by atoms with E-state index in [2.05, 4.69) is 25.3 Å². The van der Waals surface area contributed by atoms with Crippen LogP contribution < -0.4 is 5.32 Å². The van der Waals surface area contributed by atoms with Gasteiger partial charge in [-0.15, -0.1) is 22.7 Å². The van der Waals surface area contributed by atoms with Gasteiger partial charge in [-0.2, -0.15) is 0 Å². The van der Waals surface area contributed by atoms with E-state index in [1.54, 1.807) is 12.7 Å². The standard InChI is InChI=1S/C22H23N5S2/c1-3-7-13-15(9-5-1)28-21-17(13)19(23-11-25-21)27-20-18-14-8-4-2-6-10-16(14)29-22(18)26-12-24-20/h11-12H,1-10H2,(H,23,24,25,26,27). The highest BCUT2D eigenvalue weighted by Gasteiger charge is 2.22. The molecule has 0 unspecified atom stereocenters. The lowest BCUT2D eigenvalue weighted by Crippen LogP contribution is -2.00. The van der Waals surface area contributed by atoms with Crippen LogP contribution in [0.1, 0.15) is 59.4 Å². The molecule has 4 aromatic heterocycles. The van der Waals surface area contributed by atoms with Gasteiger partial charge in [0.2, 0.25) is 0 Å². The predicted octanol–water partition coefficient (Wildman–Crippen LogP) is 5.98. The van der Waals surface area contributed by atoms with Crippen molar-refractivity contribution in [2.24, 2.45) is 0 Å². The zero-order chi connectivity index (χ0) is 19.2. The summed E-state index contributed by atoms with van der Waals surface area (Å²) in [5, 5.41) is 6.04. The maximum atomic E-state index is 4.66. The minimum atomic E-state index is 0.906. The van der Waals surface area contributed by atoms with Gasteiger partial charge in [0.1, 0.15) is 34.0 Å². The quantitative estimate of drug-likeness (QED) is 0.404. The third kappa shape index (κ3) is 3.02. The molecule has 6 rings (SSSR count). The first-order chi connectivity index (χ1) is 14.4. The average Bonchev–Trinajstić information content (AvgIpc) is 3.06. The van der Waals surface area contributed by atoms with Crippen LogP contribution >= 0.6 is 22.7 Å². The molecule has 0 fully saturated rings. The minimum absolute atomic E-state index is 0.906. The van der Waals surface area contributed by atoms with Crippen molar-refractivity contribution >= 4 is 54.7 Å². The summed E-state index contributed by atoms with van der Waals surface area (Å²) in [4.78, 5) is 23.7. The second-order valence-corrected chi connectivity index (χ2v) is 10.2. The van der Waals surface area contributed by atoms with Crippen LogP contribution in [0.3, 0.4) is 0 Å². The summed E-state index contributed by atoms with van der Waals surface area (Å²) in [5.41, 5.74) is 2.92. The third-order valence-electron chi connectivity index (χ3n) is 6.24. The van der Waals surface area contributed by atoms with Crippen LogP contribution in [0, 0.1) is 0 Å². The lowest BCUT2D eigenvalue weighted by Gasteiger charge is -2.10. The van der Waals surface area contributed by atoms with Crippen molar-refractivity contribution in [1.29, 1.82) is 0 Å². The lowest BCUT2D eigenvalue weighted by molar-refractivity contribution is 0.713. The Bertz CT molecular complexity index is 1120. The smallest absolute Gasteiger partial charge is 0.144 e. The van der Waals surface area contributed by atoms with E-state index in [1.165, 1.54) is 83.0 Å². The maximum absolute atomic E-state index is 4.66. The minimum Gasteiger partial charge on any atom is -0.324 e. The van der Waals surface area contributed by atoms with Crippen molar-refractivity contribution in [1.82, 2.24) is 19.9 Å².